The van der Waals surface area contributed by atoms with Crippen LogP contribution in [0.25, 0.3) is 0 Å². The molecule has 1 amide bonds. The molecule has 1 aliphatic rings. The van der Waals surface area contributed by atoms with Gasteiger partial charge >= 0.3 is 0 Å². The molecule has 0 saturated carbocycles. The highest BCUT2D eigenvalue weighted by Gasteiger charge is 2.12. The Balaban J connectivity index is 2.13. The summed E-state index contributed by atoms with van der Waals surface area (Å²) in [6.07, 6.45) is 2.74. The van der Waals surface area contributed by atoms with E-state index in [0.29, 0.717) is 19.5 Å². The van der Waals surface area contributed by atoms with Crippen LogP contribution >= 0.6 is 0 Å². The summed E-state index contributed by atoms with van der Waals surface area (Å²) < 4.78 is 21.8. The van der Waals surface area contributed by atoms with Crippen molar-refractivity contribution in [2.45, 2.75) is 12.8 Å². The Morgan fingerprint density at radius 2 is 2.11 bits per heavy atom. The van der Waals surface area contributed by atoms with E-state index >= 15 is 0 Å². The van der Waals surface area contributed by atoms with Gasteiger partial charge in [-0.1, -0.05) is 0 Å². The zero-order valence-electron chi connectivity index (χ0n) is 10.9. The lowest BCUT2D eigenvalue weighted by molar-refractivity contribution is -0.122. The van der Waals surface area contributed by atoms with Crippen LogP contribution in [0.2, 0.25) is 0 Å². The Bertz CT molecular complexity index is 349. The Hall–Kier alpha value is -0.660. The van der Waals surface area contributed by atoms with Crippen molar-refractivity contribution in [1.82, 2.24) is 15.5 Å². The zero-order valence-corrected chi connectivity index (χ0v) is 11.8. The van der Waals surface area contributed by atoms with E-state index in [-0.39, 0.29) is 11.7 Å². The highest BCUT2D eigenvalue weighted by molar-refractivity contribution is 7.90. The number of carbonyl (C=O) groups is 1. The fourth-order valence-corrected chi connectivity index (χ4v) is 2.55. The number of nitrogens with zero attached hydrogens (tertiary/aromatic N) is 1. The SMILES string of the molecule is CS(=O)(=O)CCCNC(=O)CN1CCCNCC1. The minimum absolute atomic E-state index is 0.0228. The van der Waals surface area contributed by atoms with E-state index in [1.54, 1.807) is 0 Å². The summed E-state index contributed by atoms with van der Waals surface area (Å²) >= 11 is 0. The molecule has 18 heavy (non-hydrogen) atoms. The van der Waals surface area contributed by atoms with E-state index in [2.05, 4.69) is 15.5 Å². The van der Waals surface area contributed by atoms with Gasteiger partial charge in [0.05, 0.1) is 12.3 Å². The quantitative estimate of drug-likeness (QED) is 0.598. The summed E-state index contributed by atoms with van der Waals surface area (Å²) in [6, 6.07) is 0. The van der Waals surface area contributed by atoms with Gasteiger partial charge in [0.25, 0.3) is 0 Å². The normalized spacial score (nSPS) is 18.3. The van der Waals surface area contributed by atoms with E-state index in [1.165, 1.54) is 6.26 Å². The number of sulfone groups is 1. The number of amides is 1. The topological polar surface area (TPSA) is 78.5 Å². The fourth-order valence-electron chi connectivity index (χ4n) is 1.88. The van der Waals surface area contributed by atoms with Crippen LogP contribution in [0, 0.1) is 0 Å². The lowest BCUT2D eigenvalue weighted by atomic mass is 10.3. The molecule has 0 aromatic carbocycles. The molecule has 0 aromatic rings. The zero-order chi connectivity index (χ0) is 13.4. The first-order chi connectivity index (χ1) is 8.47. The fraction of sp³-hybridized carbons (Fsp3) is 0.909. The minimum Gasteiger partial charge on any atom is -0.355 e. The van der Waals surface area contributed by atoms with Crippen LogP contribution in [0.5, 0.6) is 0 Å². The molecule has 1 aliphatic heterocycles. The molecule has 7 heteroatoms. The number of carbonyl (C=O) groups excluding carboxylic acids is 1. The first-order valence-electron chi connectivity index (χ1n) is 6.35. The summed E-state index contributed by atoms with van der Waals surface area (Å²) in [4.78, 5) is 13.7. The van der Waals surface area contributed by atoms with Gasteiger partial charge in [-0.05, 0) is 25.9 Å². The second-order valence-electron chi connectivity index (χ2n) is 4.71. The number of nitrogens with one attached hydrogen (secondary N) is 2. The molecule has 2 N–H and O–H groups in total. The van der Waals surface area contributed by atoms with Crippen LogP contribution < -0.4 is 10.6 Å². The van der Waals surface area contributed by atoms with Gasteiger partial charge < -0.3 is 10.6 Å². The average molecular weight is 277 g/mol. The van der Waals surface area contributed by atoms with Gasteiger partial charge in [0.15, 0.2) is 0 Å². The second-order valence-corrected chi connectivity index (χ2v) is 6.97. The van der Waals surface area contributed by atoms with Crippen LogP contribution in [-0.4, -0.2) is 70.5 Å². The smallest absolute Gasteiger partial charge is 0.234 e. The highest BCUT2D eigenvalue weighted by Crippen LogP contribution is 1.94. The summed E-state index contributed by atoms with van der Waals surface area (Å²) in [5.41, 5.74) is 0. The van der Waals surface area contributed by atoms with Crippen LogP contribution in [0.3, 0.4) is 0 Å². The van der Waals surface area contributed by atoms with Gasteiger partial charge in [0.2, 0.25) is 5.91 Å². The lowest BCUT2D eigenvalue weighted by Crippen LogP contribution is -2.39. The van der Waals surface area contributed by atoms with Crippen molar-refractivity contribution < 1.29 is 13.2 Å². The molecule has 1 saturated heterocycles. The first-order valence-corrected chi connectivity index (χ1v) is 8.41. The van der Waals surface area contributed by atoms with Gasteiger partial charge in [-0.15, -0.1) is 0 Å². The third kappa shape index (κ3) is 7.62. The van der Waals surface area contributed by atoms with Crippen LogP contribution in [0.1, 0.15) is 12.8 Å². The molecular formula is C11H23N3O3S. The largest absolute Gasteiger partial charge is 0.355 e. The van der Waals surface area contributed by atoms with Gasteiger partial charge in [-0.25, -0.2) is 8.42 Å². The molecule has 0 aliphatic carbocycles. The molecule has 1 fully saturated rings. The summed E-state index contributed by atoms with van der Waals surface area (Å²) in [7, 11) is -2.92. The molecule has 0 radical (unpaired) electrons. The molecular weight excluding hydrogens is 254 g/mol. The molecule has 0 aromatic heterocycles. The lowest BCUT2D eigenvalue weighted by Gasteiger charge is -2.18. The Kier molecular flexibility index (Phi) is 6.59. The summed E-state index contributed by atoms with van der Waals surface area (Å²) in [5.74, 6) is 0.103. The number of hydrogen-bond donors (Lipinski definition) is 2. The van der Waals surface area contributed by atoms with E-state index in [1.807, 2.05) is 0 Å². The molecule has 0 atom stereocenters. The van der Waals surface area contributed by atoms with Crippen LogP contribution in [0.15, 0.2) is 0 Å². The third-order valence-corrected chi connectivity index (χ3v) is 3.84. The Labute approximate surface area is 109 Å². The summed E-state index contributed by atoms with van der Waals surface area (Å²) in [6.45, 7) is 4.58. The molecule has 0 bridgehead atoms. The van der Waals surface area contributed by atoms with E-state index in [0.717, 1.165) is 32.6 Å². The molecule has 0 unspecified atom stereocenters. The van der Waals surface area contributed by atoms with Crippen molar-refractivity contribution in [3.63, 3.8) is 0 Å². The van der Waals surface area contributed by atoms with Crippen molar-refractivity contribution in [3.8, 4) is 0 Å². The molecule has 1 rings (SSSR count). The first kappa shape index (κ1) is 15.4. The number of rotatable bonds is 6. The Morgan fingerprint density at radius 3 is 2.83 bits per heavy atom. The number of hydrogen-bond acceptors (Lipinski definition) is 5. The van der Waals surface area contributed by atoms with Gasteiger partial charge in [-0.3, -0.25) is 9.69 Å². The van der Waals surface area contributed by atoms with E-state index < -0.39 is 9.84 Å². The van der Waals surface area contributed by atoms with Crippen LogP contribution in [-0.2, 0) is 14.6 Å². The van der Waals surface area contributed by atoms with E-state index in [4.69, 9.17) is 0 Å². The average Bonchev–Trinajstić information content (AvgIpc) is 2.52. The molecule has 0 spiro atoms. The van der Waals surface area contributed by atoms with Crippen molar-refractivity contribution >= 4 is 15.7 Å². The molecule has 1 heterocycles. The Morgan fingerprint density at radius 1 is 1.33 bits per heavy atom. The standard InChI is InChI=1S/C11H23N3O3S/c1-18(16,17)9-3-5-13-11(15)10-14-7-2-4-12-6-8-14/h12H,2-10H2,1H3,(H,13,15). The highest BCUT2D eigenvalue weighted by atomic mass is 32.2. The summed E-state index contributed by atoms with van der Waals surface area (Å²) in [5, 5.41) is 6.04. The van der Waals surface area contributed by atoms with Crippen molar-refractivity contribution in [2.75, 3.05) is 51.3 Å². The minimum atomic E-state index is -2.92. The third-order valence-electron chi connectivity index (χ3n) is 2.81. The van der Waals surface area contributed by atoms with Crippen molar-refractivity contribution in [1.29, 1.82) is 0 Å². The maximum atomic E-state index is 11.6. The predicted molar refractivity (Wildman–Crippen MR) is 71.3 cm³/mol. The van der Waals surface area contributed by atoms with Gasteiger partial charge in [0, 0.05) is 25.9 Å². The second kappa shape index (κ2) is 7.70. The van der Waals surface area contributed by atoms with Gasteiger partial charge in [0.1, 0.15) is 9.84 Å². The predicted octanol–water partition coefficient (Wildman–Crippen LogP) is -1.17. The molecule has 6 nitrogen and oxygen atoms in total. The maximum Gasteiger partial charge on any atom is 0.234 e. The van der Waals surface area contributed by atoms with E-state index in [9.17, 15) is 13.2 Å². The van der Waals surface area contributed by atoms with Crippen molar-refractivity contribution in [2.24, 2.45) is 0 Å². The van der Waals surface area contributed by atoms with Crippen molar-refractivity contribution in [3.05, 3.63) is 0 Å². The van der Waals surface area contributed by atoms with Crippen LogP contribution in [0.4, 0.5) is 0 Å². The monoisotopic (exact) mass is 277 g/mol. The molecule has 106 valence electrons. The van der Waals surface area contributed by atoms with Gasteiger partial charge in [-0.2, -0.15) is 0 Å². The maximum absolute atomic E-state index is 11.6.